The zero-order valence-electron chi connectivity index (χ0n) is 17.1. The van der Waals surface area contributed by atoms with Gasteiger partial charge >= 0.3 is 5.30 Å². The van der Waals surface area contributed by atoms with E-state index < -0.39 is 15.1 Å². The van der Waals surface area contributed by atoms with E-state index >= 15 is 0 Å². The third-order valence-corrected chi connectivity index (χ3v) is 5.71. The SMILES string of the molecule is CCSC(=O)Oc1c(-c2c[c]c(C)c(OCCOC)c2S(C)(=O)=O)cnn1CC. The summed E-state index contributed by atoms with van der Waals surface area (Å²) in [4.78, 5) is 12.1. The molecule has 1 aromatic heterocycles. The minimum atomic E-state index is -3.69. The van der Waals surface area contributed by atoms with Gasteiger partial charge in [-0.05, 0) is 37.7 Å². The van der Waals surface area contributed by atoms with Crippen LogP contribution in [0.25, 0.3) is 11.1 Å². The Morgan fingerprint density at radius 1 is 1.28 bits per heavy atom. The summed E-state index contributed by atoms with van der Waals surface area (Å²) in [6.45, 7) is 6.33. The van der Waals surface area contributed by atoms with Gasteiger partial charge in [-0.3, -0.25) is 0 Å². The number of carbonyl (C=O) groups excluding carboxylic acids is 1. The molecule has 0 aliphatic rings. The van der Waals surface area contributed by atoms with E-state index in [1.807, 2.05) is 13.8 Å². The summed E-state index contributed by atoms with van der Waals surface area (Å²) in [6.07, 6.45) is 2.59. The highest BCUT2D eigenvalue weighted by Crippen LogP contribution is 2.41. The predicted octanol–water partition coefficient (Wildman–Crippen LogP) is 3.36. The number of carbonyl (C=O) groups is 1. The molecule has 2 rings (SSSR count). The Bertz CT molecular complexity index is 969. The van der Waals surface area contributed by atoms with Crippen LogP contribution in [-0.4, -0.2) is 55.8 Å². The lowest BCUT2D eigenvalue weighted by molar-refractivity contribution is 0.144. The summed E-state index contributed by atoms with van der Waals surface area (Å²) >= 11 is 1.01. The Labute approximate surface area is 175 Å². The normalized spacial score (nSPS) is 11.5. The Hall–Kier alpha value is -2.04. The second-order valence-electron chi connectivity index (χ2n) is 6.06. The summed E-state index contributed by atoms with van der Waals surface area (Å²) in [7, 11) is -2.16. The largest absolute Gasteiger partial charge is 0.489 e. The first-order valence-electron chi connectivity index (χ1n) is 9.02. The molecule has 29 heavy (non-hydrogen) atoms. The van der Waals surface area contributed by atoms with Gasteiger partial charge in [0.25, 0.3) is 0 Å². The van der Waals surface area contributed by atoms with Crippen molar-refractivity contribution < 1.29 is 27.4 Å². The predicted molar refractivity (Wildman–Crippen MR) is 112 cm³/mol. The molecule has 0 saturated heterocycles. The maximum atomic E-state index is 12.7. The molecule has 0 unspecified atom stereocenters. The van der Waals surface area contributed by atoms with E-state index in [9.17, 15) is 13.2 Å². The van der Waals surface area contributed by atoms with Crippen LogP contribution in [0.5, 0.6) is 11.6 Å². The van der Waals surface area contributed by atoms with Crippen molar-refractivity contribution in [2.75, 3.05) is 32.3 Å². The highest BCUT2D eigenvalue weighted by atomic mass is 32.2. The smallest absolute Gasteiger partial charge is 0.374 e. The maximum absolute atomic E-state index is 12.7. The fraction of sp³-hybridized carbons (Fsp3) is 0.474. The fourth-order valence-electron chi connectivity index (χ4n) is 2.69. The van der Waals surface area contributed by atoms with Crippen molar-refractivity contribution in [3.63, 3.8) is 0 Å². The monoisotopic (exact) mass is 441 g/mol. The highest BCUT2D eigenvalue weighted by Gasteiger charge is 2.27. The molecule has 0 bridgehead atoms. The van der Waals surface area contributed by atoms with Gasteiger partial charge in [-0.15, -0.1) is 0 Å². The number of hydrogen-bond acceptors (Lipinski definition) is 8. The molecule has 2 aromatic rings. The number of aromatic nitrogens is 2. The summed E-state index contributed by atoms with van der Waals surface area (Å²) in [5, 5.41) is 3.75. The van der Waals surface area contributed by atoms with Gasteiger partial charge in [0.1, 0.15) is 17.3 Å². The van der Waals surface area contributed by atoms with Crippen LogP contribution in [0.3, 0.4) is 0 Å². The van der Waals surface area contributed by atoms with Crippen molar-refractivity contribution in [1.29, 1.82) is 0 Å². The molecular formula is C19H25N2O6S2. The van der Waals surface area contributed by atoms with Crippen LogP contribution >= 0.6 is 11.8 Å². The van der Waals surface area contributed by atoms with Crippen LogP contribution in [0.15, 0.2) is 17.2 Å². The number of thioether (sulfide) groups is 1. The third kappa shape index (κ3) is 5.52. The zero-order valence-corrected chi connectivity index (χ0v) is 18.8. The van der Waals surface area contributed by atoms with E-state index in [4.69, 9.17) is 14.2 Å². The van der Waals surface area contributed by atoms with Gasteiger partial charge in [-0.2, -0.15) is 5.10 Å². The number of ether oxygens (including phenoxy) is 3. The topological polar surface area (TPSA) is 96.7 Å². The van der Waals surface area contributed by atoms with E-state index in [0.717, 1.165) is 18.0 Å². The van der Waals surface area contributed by atoms with Crippen LogP contribution in [0.2, 0.25) is 0 Å². The van der Waals surface area contributed by atoms with Crippen LogP contribution in [0.4, 0.5) is 4.79 Å². The van der Waals surface area contributed by atoms with Gasteiger partial charge in [0.2, 0.25) is 5.88 Å². The highest BCUT2D eigenvalue weighted by molar-refractivity contribution is 8.13. The molecule has 1 aromatic carbocycles. The third-order valence-electron chi connectivity index (χ3n) is 3.95. The minimum Gasteiger partial charge on any atom is -0.489 e. The molecular weight excluding hydrogens is 416 g/mol. The molecule has 1 radical (unpaired) electrons. The lowest BCUT2D eigenvalue weighted by Gasteiger charge is -2.17. The van der Waals surface area contributed by atoms with Crippen molar-refractivity contribution in [3.8, 4) is 22.8 Å². The molecule has 10 heteroatoms. The number of aryl methyl sites for hydroxylation is 2. The van der Waals surface area contributed by atoms with E-state index in [0.29, 0.717) is 35.6 Å². The van der Waals surface area contributed by atoms with Gasteiger partial charge in [0.05, 0.1) is 18.4 Å². The first-order chi connectivity index (χ1) is 13.7. The van der Waals surface area contributed by atoms with Crippen LogP contribution in [-0.2, 0) is 21.1 Å². The first-order valence-corrected chi connectivity index (χ1v) is 11.9. The molecule has 0 atom stereocenters. The molecule has 1 heterocycles. The Balaban J connectivity index is 2.67. The van der Waals surface area contributed by atoms with Crippen LogP contribution in [0.1, 0.15) is 19.4 Å². The fourth-order valence-corrected chi connectivity index (χ4v) is 4.18. The van der Waals surface area contributed by atoms with Crippen molar-refractivity contribution in [2.45, 2.75) is 32.2 Å². The minimum absolute atomic E-state index is 0.000879. The van der Waals surface area contributed by atoms with Crippen LogP contribution in [0, 0.1) is 13.0 Å². The van der Waals surface area contributed by atoms with Gasteiger partial charge in [0.15, 0.2) is 9.84 Å². The molecule has 0 N–H and O–H groups in total. The molecule has 159 valence electrons. The van der Waals surface area contributed by atoms with E-state index in [1.165, 1.54) is 18.0 Å². The quantitative estimate of drug-likeness (QED) is 0.432. The first kappa shape index (κ1) is 23.2. The average Bonchev–Trinajstić information content (AvgIpc) is 3.04. The van der Waals surface area contributed by atoms with Crippen molar-refractivity contribution in [1.82, 2.24) is 9.78 Å². The lowest BCUT2D eigenvalue weighted by Crippen LogP contribution is -2.11. The maximum Gasteiger partial charge on any atom is 0.374 e. The summed E-state index contributed by atoms with van der Waals surface area (Å²) < 4.78 is 43.1. The molecule has 0 saturated carbocycles. The number of benzene rings is 1. The summed E-state index contributed by atoms with van der Waals surface area (Å²) in [6, 6.07) is 4.58. The van der Waals surface area contributed by atoms with Gasteiger partial charge in [-0.1, -0.05) is 6.92 Å². The molecule has 0 amide bonds. The Morgan fingerprint density at radius 2 is 2.00 bits per heavy atom. The Morgan fingerprint density at radius 3 is 2.59 bits per heavy atom. The molecule has 0 aliphatic heterocycles. The van der Waals surface area contributed by atoms with E-state index in [2.05, 4.69) is 11.2 Å². The number of hydrogen-bond donors (Lipinski definition) is 0. The van der Waals surface area contributed by atoms with Gasteiger partial charge < -0.3 is 14.2 Å². The molecule has 0 fully saturated rings. The molecule has 8 nitrogen and oxygen atoms in total. The van der Waals surface area contributed by atoms with Crippen molar-refractivity contribution in [3.05, 3.63) is 23.9 Å². The average molecular weight is 442 g/mol. The van der Waals surface area contributed by atoms with Gasteiger partial charge in [0, 0.05) is 36.8 Å². The number of nitrogens with zero attached hydrogens (tertiary/aromatic N) is 2. The summed E-state index contributed by atoms with van der Waals surface area (Å²) in [5.41, 5.74) is 1.24. The lowest BCUT2D eigenvalue weighted by atomic mass is 10.1. The van der Waals surface area contributed by atoms with Crippen LogP contribution < -0.4 is 9.47 Å². The second-order valence-corrected chi connectivity index (χ2v) is 9.22. The van der Waals surface area contributed by atoms with Gasteiger partial charge in [-0.25, -0.2) is 17.9 Å². The van der Waals surface area contributed by atoms with E-state index in [-0.39, 0.29) is 23.1 Å². The number of methoxy groups -OCH3 is 1. The standard InChI is InChI=1S/C19H25N2O6S2/c1-6-21-18(27-19(22)28-7-2)15(12-20-21)14-9-8-13(3)16(26-11-10-25-4)17(14)29(5,23)24/h9,12H,6-7,10-11H2,1-5H3. The molecule has 0 spiro atoms. The molecule has 0 aliphatic carbocycles. The number of sulfone groups is 1. The van der Waals surface area contributed by atoms with Crippen molar-refractivity contribution in [2.24, 2.45) is 0 Å². The second kappa shape index (κ2) is 10.1. The summed E-state index contributed by atoms with van der Waals surface area (Å²) in [5.74, 6) is 0.939. The van der Waals surface area contributed by atoms with E-state index in [1.54, 1.807) is 13.0 Å². The Kier molecular flexibility index (Phi) is 8.12. The zero-order chi connectivity index (χ0) is 21.6. The number of rotatable bonds is 9. The van der Waals surface area contributed by atoms with Crippen molar-refractivity contribution >= 4 is 26.9 Å².